The van der Waals surface area contributed by atoms with Gasteiger partial charge in [0.1, 0.15) is 19.3 Å². The van der Waals surface area contributed by atoms with E-state index < -0.39 is 54.7 Å². The fraction of sp³-hybridized carbons (Fsp3) is 0.389. The molecule has 0 aromatic heterocycles. The molecule has 1 saturated heterocycles. The lowest BCUT2D eigenvalue weighted by Gasteiger charge is -2.41. The van der Waals surface area contributed by atoms with Crippen LogP contribution >= 0.6 is 0 Å². The summed E-state index contributed by atoms with van der Waals surface area (Å²) in [6.07, 6.45) is -3.91. The Morgan fingerprint density at radius 1 is 0.872 bits per heavy atom. The highest BCUT2D eigenvalue weighted by Crippen LogP contribution is 2.44. The van der Waals surface area contributed by atoms with Crippen LogP contribution in [0.15, 0.2) is 78.9 Å². The van der Waals surface area contributed by atoms with Crippen molar-refractivity contribution in [2.24, 2.45) is 0 Å². The average Bonchev–Trinajstić information content (AvgIpc) is 3.36. The van der Waals surface area contributed by atoms with Crippen LogP contribution in [0.2, 0.25) is 0 Å². The summed E-state index contributed by atoms with van der Waals surface area (Å²) < 4.78 is 28.8. The van der Waals surface area contributed by atoms with E-state index in [1.165, 1.54) is 13.8 Å². The largest absolute Gasteiger partial charge is 0.459 e. The second-order valence-corrected chi connectivity index (χ2v) is 11.8. The molecule has 3 aromatic rings. The molecule has 1 fully saturated rings. The number of carbonyl (C=O) groups excluding carboxylic acids is 4. The summed E-state index contributed by atoms with van der Waals surface area (Å²) >= 11 is 0. The molecule has 2 N–H and O–H groups in total. The van der Waals surface area contributed by atoms with Crippen LogP contribution in [0, 0.1) is 0 Å². The predicted octanol–water partition coefficient (Wildman–Crippen LogP) is 4.61. The zero-order chi connectivity index (χ0) is 33.5. The molecular formula is C36H40N2O9. The molecule has 1 aliphatic heterocycles. The minimum Gasteiger partial charge on any atom is -0.459 e. The molecule has 47 heavy (non-hydrogen) atoms. The van der Waals surface area contributed by atoms with Gasteiger partial charge in [0.05, 0.1) is 18.2 Å². The van der Waals surface area contributed by atoms with Crippen molar-refractivity contribution in [2.45, 2.75) is 83.3 Å². The van der Waals surface area contributed by atoms with Crippen molar-refractivity contribution >= 4 is 23.9 Å². The summed E-state index contributed by atoms with van der Waals surface area (Å²) in [6.45, 7) is 5.99. The van der Waals surface area contributed by atoms with Gasteiger partial charge in [-0.3, -0.25) is 9.59 Å². The van der Waals surface area contributed by atoms with Gasteiger partial charge in [-0.15, -0.1) is 0 Å². The van der Waals surface area contributed by atoms with Gasteiger partial charge in [-0.05, 0) is 41.7 Å². The molecule has 0 saturated carbocycles. The average molecular weight is 645 g/mol. The van der Waals surface area contributed by atoms with Crippen LogP contribution in [-0.2, 0) is 44.7 Å². The molecule has 1 heterocycles. The highest BCUT2D eigenvalue weighted by molar-refractivity contribution is 5.82. The van der Waals surface area contributed by atoms with Crippen molar-refractivity contribution in [2.75, 3.05) is 6.61 Å². The van der Waals surface area contributed by atoms with E-state index in [1.54, 1.807) is 13.8 Å². The lowest BCUT2D eigenvalue weighted by atomic mass is 9.98. The Morgan fingerprint density at radius 3 is 2.11 bits per heavy atom. The first-order valence-corrected chi connectivity index (χ1v) is 15.7. The Balaban J connectivity index is 1.28. The maximum atomic E-state index is 13.4. The summed E-state index contributed by atoms with van der Waals surface area (Å²) in [5.74, 6) is -1.72. The minimum atomic E-state index is -1.27. The van der Waals surface area contributed by atoms with Gasteiger partial charge in [-0.2, -0.15) is 0 Å². The van der Waals surface area contributed by atoms with Crippen LogP contribution in [0.1, 0.15) is 56.7 Å². The van der Waals surface area contributed by atoms with Gasteiger partial charge in [0, 0.05) is 26.2 Å². The lowest BCUT2D eigenvalue weighted by Crippen LogP contribution is -2.58. The third-order valence-electron chi connectivity index (χ3n) is 8.29. The van der Waals surface area contributed by atoms with E-state index in [1.807, 2.05) is 78.9 Å². The quantitative estimate of drug-likeness (QED) is 0.226. The topological polar surface area (TPSA) is 138 Å². The molecule has 6 atom stereocenters. The van der Waals surface area contributed by atoms with Gasteiger partial charge in [-0.1, -0.05) is 78.9 Å². The zero-order valence-corrected chi connectivity index (χ0v) is 26.8. The first-order valence-electron chi connectivity index (χ1n) is 15.7. The summed E-state index contributed by atoms with van der Waals surface area (Å²) in [4.78, 5) is 50.3. The fourth-order valence-electron chi connectivity index (χ4n) is 6.17. The first kappa shape index (κ1) is 33.6. The molecule has 11 heteroatoms. The first-order chi connectivity index (χ1) is 22.6. The molecule has 3 aromatic carbocycles. The van der Waals surface area contributed by atoms with Gasteiger partial charge in [0.15, 0.2) is 12.3 Å². The van der Waals surface area contributed by atoms with Crippen LogP contribution in [-0.4, -0.2) is 67.2 Å². The number of hydrogen-bond acceptors (Lipinski definition) is 9. The van der Waals surface area contributed by atoms with Crippen molar-refractivity contribution in [3.05, 3.63) is 95.6 Å². The fourth-order valence-corrected chi connectivity index (χ4v) is 6.17. The minimum absolute atomic E-state index is 0.0130. The Labute approximate surface area is 273 Å². The third-order valence-corrected chi connectivity index (χ3v) is 8.29. The standard InChI is InChI=1S/C36H40N2O9/c1-21(45-32-18-31(37-23(3)39)34(22(2)46-32)47-24(4)40)33(35(41)43-19-25-12-6-5-7-13-25)38-36(42)44-20-30-28-16-10-8-14-26(28)27-15-9-11-17-29(27)30/h5-17,21-22,30-34H,18-20H2,1-4H3,(H,37,39)(H,38,42)/t21-,22+,31+,32-,33+,34+/m1/s1. The van der Waals surface area contributed by atoms with Crippen LogP contribution in [0.3, 0.4) is 0 Å². The SMILES string of the molecule is CC(=O)N[C@H]1C[C@H](O[C@H](C)[C@H](NC(=O)OCC2c3ccccc3-c3ccccc32)C(=O)OCc2ccccc2)O[C@@H](C)[C@@H]1OC(C)=O. The molecule has 0 radical (unpaired) electrons. The number of rotatable bonds is 11. The molecule has 0 unspecified atom stereocenters. The van der Waals surface area contributed by atoms with E-state index in [4.69, 9.17) is 23.7 Å². The highest BCUT2D eigenvalue weighted by Gasteiger charge is 2.42. The number of fused-ring (bicyclic) bond motifs is 3. The van der Waals surface area contributed by atoms with Crippen molar-refractivity contribution in [3.63, 3.8) is 0 Å². The number of carbonyl (C=O) groups is 4. The second-order valence-electron chi connectivity index (χ2n) is 11.8. The van der Waals surface area contributed by atoms with Crippen LogP contribution in [0.4, 0.5) is 4.79 Å². The molecule has 0 spiro atoms. The molecule has 0 bridgehead atoms. The number of hydrogen-bond donors (Lipinski definition) is 2. The maximum Gasteiger partial charge on any atom is 0.407 e. The molecule has 2 aliphatic rings. The molecule has 11 nitrogen and oxygen atoms in total. The third kappa shape index (κ3) is 8.35. The molecule has 2 amide bonds. The number of amides is 2. The van der Waals surface area contributed by atoms with Gasteiger partial charge >= 0.3 is 18.0 Å². The van der Waals surface area contributed by atoms with E-state index >= 15 is 0 Å². The Kier molecular flexibility index (Phi) is 10.9. The van der Waals surface area contributed by atoms with Gasteiger partial charge < -0.3 is 34.3 Å². The number of nitrogens with one attached hydrogen (secondary N) is 2. The Morgan fingerprint density at radius 2 is 1.49 bits per heavy atom. The van der Waals surface area contributed by atoms with Crippen LogP contribution < -0.4 is 10.6 Å². The van der Waals surface area contributed by atoms with Crippen molar-refractivity contribution in [1.29, 1.82) is 0 Å². The maximum absolute atomic E-state index is 13.4. The summed E-state index contributed by atoms with van der Waals surface area (Å²) in [5, 5.41) is 5.44. The number of ether oxygens (including phenoxy) is 5. The van der Waals surface area contributed by atoms with Crippen molar-refractivity contribution < 1.29 is 42.9 Å². The van der Waals surface area contributed by atoms with Crippen LogP contribution in [0.25, 0.3) is 11.1 Å². The molecule has 248 valence electrons. The summed E-state index contributed by atoms with van der Waals surface area (Å²) in [5.41, 5.74) is 5.07. The second kappa shape index (κ2) is 15.2. The van der Waals surface area contributed by atoms with E-state index in [-0.39, 0.29) is 31.5 Å². The molecule has 1 aliphatic carbocycles. The Bertz CT molecular complexity index is 1530. The van der Waals surface area contributed by atoms with Crippen molar-refractivity contribution in [3.8, 4) is 11.1 Å². The van der Waals surface area contributed by atoms with Gasteiger partial charge in [0.2, 0.25) is 5.91 Å². The normalized spacial score (nSPS) is 21.4. The van der Waals surface area contributed by atoms with E-state index in [0.717, 1.165) is 27.8 Å². The zero-order valence-electron chi connectivity index (χ0n) is 26.8. The van der Waals surface area contributed by atoms with Gasteiger partial charge in [-0.25, -0.2) is 9.59 Å². The highest BCUT2D eigenvalue weighted by atomic mass is 16.7. The van der Waals surface area contributed by atoms with E-state index in [9.17, 15) is 19.2 Å². The van der Waals surface area contributed by atoms with Gasteiger partial charge in [0.25, 0.3) is 0 Å². The van der Waals surface area contributed by atoms with Crippen LogP contribution in [0.5, 0.6) is 0 Å². The predicted molar refractivity (Wildman–Crippen MR) is 171 cm³/mol. The number of alkyl carbamates (subject to hydrolysis) is 1. The number of benzene rings is 3. The lowest BCUT2D eigenvalue weighted by molar-refractivity contribution is -0.247. The molecular weight excluding hydrogens is 604 g/mol. The summed E-state index contributed by atoms with van der Waals surface area (Å²) in [6, 6.07) is 23.3. The summed E-state index contributed by atoms with van der Waals surface area (Å²) in [7, 11) is 0. The van der Waals surface area contributed by atoms with Crippen molar-refractivity contribution in [1.82, 2.24) is 10.6 Å². The Hall–Kier alpha value is -4.74. The van der Waals surface area contributed by atoms with E-state index in [2.05, 4.69) is 10.6 Å². The molecule has 5 rings (SSSR count). The van der Waals surface area contributed by atoms with E-state index in [0.29, 0.717) is 0 Å². The smallest absolute Gasteiger partial charge is 0.407 e. The number of esters is 2. The monoisotopic (exact) mass is 644 g/mol.